The smallest absolute Gasteiger partial charge is 1.00 e. The summed E-state index contributed by atoms with van der Waals surface area (Å²) in [6.45, 7) is 17.8. The van der Waals surface area contributed by atoms with Gasteiger partial charge in [-0.1, -0.05) is 127 Å². The zero-order valence-corrected chi connectivity index (χ0v) is 30.6. The molecule has 0 atom stereocenters. The van der Waals surface area contributed by atoms with Gasteiger partial charge in [0.15, 0.2) is 0 Å². The van der Waals surface area contributed by atoms with Crippen LogP contribution >= 0.6 is 0 Å². The summed E-state index contributed by atoms with van der Waals surface area (Å²) in [6.07, 6.45) is 0. The summed E-state index contributed by atoms with van der Waals surface area (Å²) in [5, 5.41) is 5.38. The minimum atomic E-state index is 0. The zero-order chi connectivity index (χ0) is 28.7. The van der Waals surface area contributed by atoms with Gasteiger partial charge in [0, 0.05) is 0 Å². The number of hydrogen-bond acceptors (Lipinski definition) is 0. The van der Waals surface area contributed by atoms with E-state index < -0.39 is 0 Å². The first-order valence-electron chi connectivity index (χ1n) is 14.4. The van der Waals surface area contributed by atoms with Crippen molar-refractivity contribution in [1.29, 1.82) is 0 Å². The second-order valence-corrected chi connectivity index (χ2v) is 13.3. The van der Waals surface area contributed by atoms with Crippen LogP contribution < -0.4 is 24.8 Å². The first-order valence-corrected chi connectivity index (χ1v) is 14.4. The van der Waals surface area contributed by atoms with Gasteiger partial charge < -0.3 is 24.8 Å². The van der Waals surface area contributed by atoms with Crippen LogP contribution in [0.25, 0.3) is 43.8 Å². The van der Waals surface area contributed by atoms with Crippen LogP contribution in [0.2, 0.25) is 0 Å². The number of hydrogen-bond donors (Lipinski definition) is 0. The molecule has 0 nitrogen and oxygen atoms in total. The minimum absolute atomic E-state index is 0. The van der Waals surface area contributed by atoms with Gasteiger partial charge in [0.25, 0.3) is 0 Å². The van der Waals surface area contributed by atoms with Gasteiger partial charge in [0.05, 0.1) is 0 Å². The quantitative estimate of drug-likeness (QED) is 0.207. The van der Waals surface area contributed by atoms with E-state index in [0.717, 1.165) is 0 Å². The van der Waals surface area contributed by atoms with Gasteiger partial charge in [-0.15, -0.1) is 69.1 Å². The van der Waals surface area contributed by atoms with E-state index in [-0.39, 0.29) is 61.8 Å². The van der Waals surface area contributed by atoms with Crippen molar-refractivity contribution in [2.24, 2.45) is 0 Å². The number of rotatable bonds is 2. The Morgan fingerprint density at radius 1 is 0.465 bits per heavy atom. The van der Waals surface area contributed by atoms with E-state index in [9.17, 15) is 0 Å². The standard InChI is InChI=1S/2C20H21.2ClH.Zr/c2*1-14-12-16-6-5-7-18(19(16)13-14)15-8-10-17(11-9-15)20(2,3)4;;;/h2*5-13H,1-4H3;2*1H;/q2*-1;;;+4/p-2. The van der Waals surface area contributed by atoms with Crippen molar-refractivity contribution in [2.45, 2.75) is 66.2 Å². The van der Waals surface area contributed by atoms with Crippen molar-refractivity contribution >= 4 is 21.5 Å². The molecule has 0 heterocycles. The summed E-state index contributed by atoms with van der Waals surface area (Å²) in [5.41, 5.74) is 11.1. The summed E-state index contributed by atoms with van der Waals surface area (Å²) in [4.78, 5) is 0. The molecule has 0 saturated carbocycles. The third kappa shape index (κ3) is 8.39. The van der Waals surface area contributed by atoms with Crippen LogP contribution in [0.4, 0.5) is 0 Å². The van der Waals surface area contributed by atoms with Crippen LogP contribution in [0.5, 0.6) is 0 Å². The van der Waals surface area contributed by atoms with E-state index in [0.29, 0.717) is 0 Å². The van der Waals surface area contributed by atoms with Crippen LogP contribution in [0.3, 0.4) is 0 Å². The van der Waals surface area contributed by atoms with Crippen molar-refractivity contribution < 1.29 is 51.0 Å². The van der Waals surface area contributed by atoms with Crippen LogP contribution in [0.1, 0.15) is 63.8 Å². The van der Waals surface area contributed by atoms with Crippen molar-refractivity contribution in [3.8, 4) is 22.3 Å². The Bertz CT molecular complexity index is 1620. The fraction of sp³-hybridized carbons (Fsp3) is 0.250. The van der Waals surface area contributed by atoms with Gasteiger partial charge in [-0.3, -0.25) is 0 Å². The second kappa shape index (κ2) is 14.6. The Labute approximate surface area is 290 Å². The Balaban J connectivity index is 0.000000281. The van der Waals surface area contributed by atoms with E-state index in [1.54, 1.807) is 0 Å². The maximum atomic E-state index is 2.28. The minimum Gasteiger partial charge on any atom is -1.00 e. The molecule has 6 aromatic rings. The molecule has 43 heavy (non-hydrogen) atoms. The molecular weight excluding hydrogens is 643 g/mol. The monoisotopic (exact) mass is 682 g/mol. The molecule has 6 aromatic carbocycles. The summed E-state index contributed by atoms with van der Waals surface area (Å²) in [7, 11) is 0. The first-order chi connectivity index (χ1) is 18.9. The molecule has 0 fully saturated rings. The van der Waals surface area contributed by atoms with E-state index in [1.807, 2.05) is 0 Å². The molecule has 0 N–H and O–H groups in total. The average Bonchev–Trinajstić information content (AvgIpc) is 3.48. The third-order valence-electron chi connectivity index (χ3n) is 7.91. The summed E-state index contributed by atoms with van der Waals surface area (Å²) >= 11 is 0. The fourth-order valence-electron chi connectivity index (χ4n) is 5.57. The molecule has 220 valence electrons. The number of benzene rings is 4. The zero-order valence-electron chi connectivity index (χ0n) is 26.6. The molecular formula is C40H42Cl2Zr. The van der Waals surface area contributed by atoms with E-state index in [1.165, 1.54) is 66.1 Å². The Morgan fingerprint density at radius 3 is 1.09 bits per heavy atom. The SMILES string of the molecule is Cc1cc2c(-c3ccc(C(C)(C)C)cc3)cccc2[cH-]1.Cc1cc2c(-c3ccc(C(C)(C)C)cc3)cccc2[cH-]1.[Cl-].[Cl-].[Zr+4]. The van der Waals surface area contributed by atoms with Crippen molar-refractivity contribution in [2.75, 3.05) is 0 Å². The van der Waals surface area contributed by atoms with Gasteiger partial charge in [-0.25, -0.2) is 0 Å². The van der Waals surface area contributed by atoms with Crippen LogP contribution in [-0.2, 0) is 37.0 Å². The summed E-state index contributed by atoms with van der Waals surface area (Å²) in [6, 6.07) is 40.2. The van der Waals surface area contributed by atoms with Gasteiger partial charge in [0.2, 0.25) is 0 Å². The van der Waals surface area contributed by atoms with Crippen LogP contribution in [0, 0.1) is 13.8 Å². The van der Waals surface area contributed by atoms with Gasteiger partial charge in [-0.2, -0.15) is 12.1 Å². The average molecular weight is 685 g/mol. The normalized spacial score (nSPS) is 11.2. The van der Waals surface area contributed by atoms with E-state index >= 15 is 0 Å². The predicted molar refractivity (Wildman–Crippen MR) is 177 cm³/mol. The van der Waals surface area contributed by atoms with Crippen LogP contribution in [-0.4, -0.2) is 0 Å². The van der Waals surface area contributed by atoms with Crippen molar-refractivity contribution in [1.82, 2.24) is 0 Å². The fourth-order valence-corrected chi connectivity index (χ4v) is 5.57. The molecule has 0 amide bonds. The Kier molecular flexibility index (Phi) is 12.4. The number of aryl methyl sites for hydroxylation is 2. The Hall–Kier alpha value is -2.44. The third-order valence-corrected chi connectivity index (χ3v) is 7.91. The summed E-state index contributed by atoms with van der Waals surface area (Å²) < 4.78 is 0. The molecule has 6 rings (SSSR count). The summed E-state index contributed by atoms with van der Waals surface area (Å²) in [5.74, 6) is 0. The molecule has 0 aliphatic rings. The second-order valence-electron chi connectivity index (χ2n) is 13.3. The largest absolute Gasteiger partial charge is 4.00 e. The number of fused-ring (bicyclic) bond motifs is 2. The van der Waals surface area contributed by atoms with Crippen molar-refractivity contribution in [3.05, 3.63) is 131 Å². The predicted octanol–water partition coefficient (Wildman–Crippen LogP) is 5.67. The molecule has 3 heteroatoms. The van der Waals surface area contributed by atoms with Gasteiger partial charge in [-0.05, 0) is 33.1 Å². The molecule has 0 radical (unpaired) electrons. The van der Waals surface area contributed by atoms with Crippen LogP contribution in [0.15, 0.2) is 109 Å². The Morgan fingerprint density at radius 2 is 0.791 bits per heavy atom. The maximum Gasteiger partial charge on any atom is 4.00 e. The van der Waals surface area contributed by atoms with E-state index in [4.69, 9.17) is 0 Å². The molecule has 0 spiro atoms. The van der Waals surface area contributed by atoms with Crippen molar-refractivity contribution in [3.63, 3.8) is 0 Å². The molecule has 0 aliphatic carbocycles. The van der Waals surface area contributed by atoms with Gasteiger partial charge >= 0.3 is 26.2 Å². The first kappa shape index (κ1) is 36.8. The topological polar surface area (TPSA) is 0 Å². The number of halogens is 2. The molecule has 0 aromatic heterocycles. The molecule has 0 unspecified atom stereocenters. The molecule has 0 saturated heterocycles. The molecule has 0 aliphatic heterocycles. The van der Waals surface area contributed by atoms with Gasteiger partial charge in [0.1, 0.15) is 0 Å². The molecule has 0 bridgehead atoms. The van der Waals surface area contributed by atoms with E-state index in [2.05, 4.69) is 165 Å². The maximum absolute atomic E-state index is 2.28.